The molecule has 3 fully saturated rings. The van der Waals surface area contributed by atoms with Gasteiger partial charge in [-0.2, -0.15) is 0 Å². The van der Waals surface area contributed by atoms with E-state index in [0.29, 0.717) is 37.7 Å². The topological polar surface area (TPSA) is 74.6 Å². The van der Waals surface area contributed by atoms with E-state index in [2.05, 4.69) is 6.92 Å². The summed E-state index contributed by atoms with van der Waals surface area (Å²) in [5, 5.41) is 20.9. The van der Waals surface area contributed by atoms with E-state index < -0.39 is 29.6 Å². The number of hydrogen-bond donors (Lipinski definition) is 2. The highest BCUT2D eigenvalue weighted by atomic mass is 19.1. The lowest BCUT2D eigenvalue weighted by Crippen LogP contribution is -2.60. The molecule has 0 aromatic rings. The van der Waals surface area contributed by atoms with Gasteiger partial charge in [-0.15, -0.1) is 0 Å². The maximum absolute atomic E-state index is 15.2. The fraction of sp³-hybridized carbons (Fsp3) is 0.818. The van der Waals surface area contributed by atoms with E-state index in [4.69, 9.17) is 0 Å². The minimum Gasteiger partial charge on any atom is -0.388 e. The van der Waals surface area contributed by atoms with Crippen molar-refractivity contribution in [2.24, 2.45) is 34.5 Å². The molecule has 4 nitrogen and oxygen atoms in total. The number of aliphatic hydroxyl groups excluding tert-OH is 1. The summed E-state index contributed by atoms with van der Waals surface area (Å²) >= 11 is 0. The number of ketones is 2. The smallest absolute Gasteiger partial charge is 0.190 e. The Bertz CT molecular complexity index is 717. The zero-order valence-electron chi connectivity index (χ0n) is 16.5. The summed E-state index contributed by atoms with van der Waals surface area (Å²) in [5.74, 6) is -0.289. The molecule has 0 spiro atoms. The summed E-state index contributed by atoms with van der Waals surface area (Å²) in [5.41, 5.74) is -1.79. The molecule has 0 aliphatic heterocycles. The van der Waals surface area contributed by atoms with Crippen molar-refractivity contribution in [2.45, 2.75) is 71.1 Å². The Hall–Kier alpha value is -1.07. The summed E-state index contributed by atoms with van der Waals surface area (Å²) in [6.45, 7) is 5.31. The highest BCUT2D eigenvalue weighted by molar-refractivity contribution is 5.92. The molecule has 2 unspecified atom stereocenters. The van der Waals surface area contributed by atoms with Crippen LogP contribution in [0.15, 0.2) is 11.6 Å². The summed E-state index contributed by atoms with van der Waals surface area (Å²) < 4.78 is 15.2. The van der Waals surface area contributed by atoms with Gasteiger partial charge < -0.3 is 10.2 Å². The average molecular weight is 378 g/mol. The number of allylic oxidation sites excluding steroid dienone is 1. The van der Waals surface area contributed by atoms with Crippen molar-refractivity contribution >= 4 is 11.6 Å². The number of carbonyl (C=O) groups is 2. The molecule has 0 bridgehead atoms. The molecule has 0 amide bonds. The lowest BCUT2D eigenvalue weighted by Gasteiger charge is -2.59. The number of carbonyl (C=O) groups excluding carboxylic acids is 2. The second-order valence-corrected chi connectivity index (χ2v) is 10.0. The van der Waals surface area contributed by atoms with Crippen LogP contribution in [0.5, 0.6) is 0 Å². The highest BCUT2D eigenvalue weighted by Crippen LogP contribution is 2.69. The van der Waals surface area contributed by atoms with Crippen molar-refractivity contribution in [1.29, 1.82) is 0 Å². The first-order valence-electron chi connectivity index (χ1n) is 10.3. The molecule has 0 heterocycles. The van der Waals surface area contributed by atoms with Gasteiger partial charge in [0.1, 0.15) is 18.4 Å². The van der Waals surface area contributed by atoms with Gasteiger partial charge in [0.2, 0.25) is 0 Å². The van der Waals surface area contributed by atoms with Crippen LogP contribution in [0.4, 0.5) is 4.39 Å². The maximum atomic E-state index is 15.2. The van der Waals surface area contributed by atoms with Gasteiger partial charge in [-0.1, -0.05) is 20.8 Å². The fourth-order valence-corrected chi connectivity index (χ4v) is 7.61. The van der Waals surface area contributed by atoms with Gasteiger partial charge in [-0.05, 0) is 72.8 Å². The van der Waals surface area contributed by atoms with Crippen LogP contribution in [0.25, 0.3) is 0 Å². The second kappa shape index (κ2) is 5.96. The Kier molecular flexibility index (Phi) is 4.25. The molecule has 4 aliphatic rings. The Labute approximate surface area is 160 Å². The van der Waals surface area contributed by atoms with Crippen LogP contribution in [-0.4, -0.2) is 40.2 Å². The Morgan fingerprint density at radius 2 is 1.96 bits per heavy atom. The average Bonchev–Trinajstić information content (AvgIpc) is 2.84. The van der Waals surface area contributed by atoms with E-state index >= 15 is 4.39 Å². The van der Waals surface area contributed by atoms with Gasteiger partial charge in [0.15, 0.2) is 11.6 Å². The monoisotopic (exact) mass is 378 g/mol. The van der Waals surface area contributed by atoms with Gasteiger partial charge in [-0.25, -0.2) is 4.39 Å². The van der Waals surface area contributed by atoms with E-state index in [1.807, 2.05) is 13.8 Å². The molecule has 4 aliphatic carbocycles. The molecule has 0 radical (unpaired) electrons. The normalized spacial score (nSPS) is 51.9. The molecule has 3 saturated carbocycles. The van der Waals surface area contributed by atoms with Crippen molar-refractivity contribution in [3.05, 3.63) is 11.6 Å². The highest BCUT2D eigenvalue weighted by Gasteiger charge is 2.69. The van der Waals surface area contributed by atoms with E-state index in [1.165, 1.54) is 0 Å². The lowest BCUT2D eigenvalue weighted by atomic mass is 9.46. The molecule has 5 heteroatoms. The van der Waals surface area contributed by atoms with Gasteiger partial charge in [-0.3, -0.25) is 9.59 Å². The predicted octanol–water partition coefficient (Wildman–Crippen LogP) is 3.00. The quantitative estimate of drug-likeness (QED) is 0.775. The van der Waals surface area contributed by atoms with Crippen molar-refractivity contribution < 1.29 is 24.2 Å². The summed E-state index contributed by atoms with van der Waals surface area (Å²) in [6, 6.07) is 0. The minimum absolute atomic E-state index is 0.0293. The predicted molar refractivity (Wildman–Crippen MR) is 98.6 cm³/mol. The minimum atomic E-state index is -1.54. The fourth-order valence-electron chi connectivity index (χ4n) is 7.61. The van der Waals surface area contributed by atoms with E-state index in [0.717, 1.165) is 6.42 Å². The third-order valence-electron chi connectivity index (χ3n) is 9.09. The zero-order chi connectivity index (χ0) is 19.8. The van der Waals surface area contributed by atoms with Gasteiger partial charge in [0.05, 0.1) is 0 Å². The molecule has 4 rings (SSSR count). The number of Topliss-reactive ketones (excluding diaryl/α,β-unsaturated/α-hetero) is 1. The van der Waals surface area contributed by atoms with Crippen LogP contribution in [0, 0.1) is 34.5 Å². The summed E-state index contributed by atoms with van der Waals surface area (Å²) in [7, 11) is 0. The van der Waals surface area contributed by atoms with Gasteiger partial charge >= 0.3 is 0 Å². The molecule has 0 aromatic carbocycles. The second-order valence-electron chi connectivity index (χ2n) is 10.0. The first kappa shape index (κ1) is 19.3. The summed E-state index contributed by atoms with van der Waals surface area (Å²) in [4.78, 5) is 24.4. The van der Waals surface area contributed by atoms with Crippen LogP contribution in [0.2, 0.25) is 0 Å². The molecule has 2 N–H and O–H groups in total. The first-order valence-corrected chi connectivity index (χ1v) is 10.3. The molecular weight excluding hydrogens is 347 g/mol. The molecule has 27 heavy (non-hydrogen) atoms. The van der Waals surface area contributed by atoms with Crippen LogP contribution < -0.4 is 0 Å². The largest absolute Gasteiger partial charge is 0.388 e. The Morgan fingerprint density at radius 3 is 2.63 bits per heavy atom. The third-order valence-corrected chi connectivity index (χ3v) is 9.09. The number of fused-ring (bicyclic) bond motifs is 5. The van der Waals surface area contributed by atoms with E-state index in [9.17, 15) is 19.8 Å². The van der Waals surface area contributed by atoms with Crippen LogP contribution >= 0.6 is 0 Å². The number of halogens is 1. The summed E-state index contributed by atoms with van der Waals surface area (Å²) in [6.07, 6.45) is 4.16. The number of aliphatic hydroxyl groups is 2. The Balaban J connectivity index is 1.75. The third kappa shape index (κ3) is 2.27. The van der Waals surface area contributed by atoms with Crippen molar-refractivity contribution in [1.82, 2.24) is 0 Å². The maximum Gasteiger partial charge on any atom is 0.190 e. The molecule has 150 valence electrons. The van der Waals surface area contributed by atoms with Gasteiger partial charge in [0, 0.05) is 11.8 Å². The van der Waals surface area contributed by atoms with Crippen LogP contribution in [-0.2, 0) is 9.59 Å². The van der Waals surface area contributed by atoms with E-state index in [1.54, 1.807) is 6.08 Å². The molecule has 0 aromatic heterocycles. The lowest BCUT2D eigenvalue weighted by molar-refractivity contribution is -0.171. The molecular formula is C22H31FO4. The first-order chi connectivity index (χ1) is 12.6. The van der Waals surface area contributed by atoms with Gasteiger partial charge in [0.25, 0.3) is 0 Å². The zero-order valence-corrected chi connectivity index (χ0v) is 16.5. The Morgan fingerprint density at radius 1 is 1.26 bits per heavy atom. The van der Waals surface area contributed by atoms with Crippen molar-refractivity contribution in [3.8, 4) is 0 Å². The van der Waals surface area contributed by atoms with Crippen molar-refractivity contribution in [2.75, 3.05) is 6.61 Å². The number of rotatable bonds is 2. The van der Waals surface area contributed by atoms with Crippen molar-refractivity contribution in [3.63, 3.8) is 0 Å². The molecule has 8 atom stereocenters. The van der Waals surface area contributed by atoms with E-state index in [-0.39, 0.29) is 34.9 Å². The SMILES string of the molecule is CC1C[C@H]2[C@@H]3CC(F)C4=CC(=O)CC[C@]4(C)[C@H]3CC[C@]2(C)[C@@]1(O)C(=O)CO. The van der Waals surface area contributed by atoms with Crippen LogP contribution in [0.3, 0.4) is 0 Å². The standard InChI is InChI=1S/C22H31FO4/c1-12-8-16-14-10-18(23)17-9-13(25)4-6-20(17,2)15(14)5-7-21(16,3)22(12,27)19(26)11-24/h9,12,14-16,18,24,27H,4-8,10-11H2,1-3H3/t12?,14-,15+,16+,18?,20-,21+,22+/m1/s1. The van der Waals surface area contributed by atoms with Crippen LogP contribution in [0.1, 0.15) is 59.3 Å². The number of alkyl halides is 1. The number of hydrogen-bond acceptors (Lipinski definition) is 4. The molecule has 0 saturated heterocycles.